The van der Waals surface area contributed by atoms with Crippen LogP contribution in [-0.2, 0) is 10.0 Å². The second-order valence-corrected chi connectivity index (χ2v) is 8.61. The molecule has 0 radical (unpaired) electrons. The smallest absolute Gasteiger partial charge is 0.337 e. The number of aromatic nitrogens is 1. The minimum Gasteiger partial charge on any atom is -0.478 e. The van der Waals surface area contributed by atoms with Crippen molar-refractivity contribution in [3.63, 3.8) is 0 Å². The highest BCUT2D eigenvalue weighted by Crippen LogP contribution is 2.26. The van der Waals surface area contributed by atoms with Crippen molar-refractivity contribution in [3.05, 3.63) is 53.3 Å². The molecular formula is C20H18N4O8S. The number of benzene rings is 2. The van der Waals surface area contributed by atoms with E-state index in [2.05, 4.69) is 10.5 Å². The molecule has 3 rings (SSSR count). The molecule has 0 fully saturated rings. The van der Waals surface area contributed by atoms with Gasteiger partial charge in [-0.2, -0.15) is 9.57 Å². The molecule has 0 spiro atoms. The molecule has 0 aliphatic heterocycles. The van der Waals surface area contributed by atoms with E-state index < -0.39 is 35.1 Å². The highest BCUT2D eigenvalue weighted by Gasteiger charge is 2.26. The molecule has 0 unspecified atom stereocenters. The lowest BCUT2D eigenvalue weighted by Gasteiger charge is -2.20. The van der Waals surface area contributed by atoms with Crippen molar-refractivity contribution in [1.29, 1.82) is 5.26 Å². The number of nitrogens with one attached hydrogen (secondary N) is 1. The number of nitrogens with zero attached hydrogens (tertiary/aromatic N) is 3. The zero-order valence-electron chi connectivity index (χ0n) is 16.9. The average molecular weight is 474 g/mol. The summed E-state index contributed by atoms with van der Waals surface area (Å²) in [4.78, 5) is 24.1. The zero-order chi connectivity index (χ0) is 24.2. The Kier molecular flexibility index (Phi) is 7.04. The summed E-state index contributed by atoms with van der Waals surface area (Å²) in [5.74, 6) is -2.62. The topological polar surface area (TPSA) is 194 Å². The van der Waals surface area contributed by atoms with Gasteiger partial charge < -0.3 is 25.2 Å². The molecule has 1 aromatic heterocycles. The fraction of sp³-hybridized carbons (Fsp3) is 0.200. The van der Waals surface area contributed by atoms with E-state index in [0.717, 1.165) is 16.4 Å². The lowest BCUT2D eigenvalue weighted by Crippen LogP contribution is -2.35. The first-order chi connectivity index (χ1) is 15.7. The summed E-state index contributed by atoms with van der Waals surface area (Å²) in [5.41, 5.74) is -0.163. The number of rotatable bonds is 9. The van der Waals surface area contributed by atoms with Crippen LogP contribution >= 0.6 is 0 Å². The molecule has 12 nitrogen and oxygen atoms in total. The second kappa shape index (κ2) is 9.76. The van der Waals surface area contributed by atoms with Crippen molar-refractivity contribution in [2.45, 2.75) is 4.90 Å². The summed E-state index contributed by atoms with van der Waals surface area (Å²) in [5, 5.41) is 42.7. The summed E-state index contributed by atoms with van der Waals surface area (Å²) in [6, 6.07) is 9.19. The van der Waals surface area contributed by atoms with E-state index in [0.29, 0.717) is 0 Å². The fourth-order valence-electron chi connectivity index (χ4n) is 3.05. The first-order valence-electron chi connectivity index (χ1n) is 9.43. The first-order valence-corrected chi connectivity index (χ1v) is 10.9. The number of aliphatic hydroxyl groups excluding tert-OH is 2. The maximum atomic E-state index is 12.9. The highest BCUT2D eigenvalue weighted by atomic mass is 32.2. The molecule has 0 bridgehead atoms. The number of carbonyl (C=O) groups is 2. The second-order valence-electron chi connectivity index (χ2n) is 6.67. The number of carboxylic acids is 1. The molecule has 0 atom stereocenters. The monoisotopic (exact) mass is 474 g/mol. The van der Waals surface area contributed by atoms with Gasteiger partial charge in [0.05, 0.1) is 46.4 Å². The molecule has 0 aliphatic rings. The van der Waals surface area contributed by atoms with Gasteiger partial charge in [0.15, 0.2) is 0 Å². The Morgan fingerprint density at radius 3 is 2.42 bits per heavy atom. The molecular weight excluding hydrogens is 456 g/mol. The van der Waals surface area contributed by atoms with Gasteiger partial charge in [-0.15, -0.1) is 0 Å². The molecule has 2 aromatic carbocycles. The quantitative estimate of drug-likeness (QED) is 0.341. The van der Waals surface area contributed by atoms with Crippen molar-refractivity contribution in [2.75, 3.05) is 31.6 Å². The van der Waals surface area contributed by atoms with E-state index >= 15 is 0 Å². The van der Waals surface area contributed by atoms with Crippen molar-refractivity contribution < 1.29 is 37.8 Å². The number of sulfonamides is 1. The third-order valence-electron chi connectivity index (χ3n) is 4.62. The molecule has 1 amide bonds. The van der Waals surface area contributed by atoms with Crippen molar-refractivity contribution >= 4 is 38.5 Å². The molecule has 4 N–H and O–H groups in total. The summed E-state index contributed by atoms with van der Waals surface area (Å²) >= 11 is 0. The van der Waals surface area contributed by atoms with Crippen LogP contribution in [0.25, 0.3) is 10.9 Å². The van der Waals surface area contributed by atoms with E-state index in [1.54, 1.807) is 6.07 Å². The molecule has 0 saturated carbocycles. The molecule has 1 heterocycles. The van der Waals surface area contributed by atoms with Gasteiger partial charge in [-0.1, -0.05) is 5.16 Å². The Morgan fingerprint density at radius 1 is 1.12 bits per heavy atom. The first kappa shape index (κ1) is 23.8. The molecule has 3 aromatic rings. The predicted octanol–water partition coefficient (Wildman–Crippen LogP) is 0.625. The summed E-state index contributed by atoms with van der Waals surface area (Å²) in [6.07, 6.45) is 0. The van der Waals surface area contributed by atoms with Gasteiger partial charge >= 0.3 is 5.97 Å². The predicted molar refractivity (Wildman–Crippen MR) is 113 cm³/mol. The zero-order valence-corrected chi connectivity index (χ0v) is 17.7. The molecule has 13 heteroatoms. The Bertz CT molecular complexity index is 1350. The number of carboxylic acid groups (broad SMARTS) is 1. The molecule has 0 aliphatic carbocycles. The van der Waals surface area contributed by atoms with Gasteiger partial charge in [0.1, 0.15) is 5.52 Å². The summed E-state index contributed by atoms with van der Waals surface area (Å²) in [6.45, 7) is -1.40. The van der Waals surface area contributed by atoms with Crippen molar-refractivity contribution in [3.8, 4) is 6.07 Å². The minimum absolute atomic E-state index is 0.0482. The van der Waals surface area contributed by atoms with E-state index in [4.69, 9.17) is 20.0 Å². The molecule has 0 saturated heterocycles. The lowest BCUT2D eigenvalue weighted by molar-refractivity contribution is 0.0698. The summed E-state index contributed by atoms with van der Waals surface area (Å²) in [7, 11) is -4.12. The van der Waals surface area contributed by atoms with Gasteiger partial charge in [-0.25, -0.2) is 13.2 Å². The number of carbonyl (C=O) groups excluding carboxylic acids is 1. The number of hydrogen-bond acceptors (Lipinski definition) is 9. The number of nitriles is 1. The number of amides is 1. The van der Waals surface area contributed by atoms with Gasteiger partial charge in [-0.05, 0) is 36.4 Å². The molecule has 172 valence electrons. The maximum absolute atomic E-state index is 12.9. The third kappa shape index (κ3) is 4.83. The van der Waals surface area contributed by atoms with Gasteiger partial charge in [0, 0.05) is 13.1 Å². The number of aliphatic hydroxyl groups is 2. The minimum atomic E-state index is -4.12. The number of anilines is 1. The van der Waals surface area contributed by atoms with Crippen LogP contribution in [0.2, 0.25) is 0 Å². The van der Waals surface area contributed by atoms with Crippen LogP contribution in [0.4, 0.5) is 5.69 Å². The number of aromatic carboxylic acids is 1. The van der Waals surface area contributed by atoms with Crippen molar-refractivity contribution in [1.82, 2.24) is 9.46 Å². The summed E-state index contributed by atoms with van der Waals surface area (Å²) < 4.78 is 31.7. The van der Waals surface area contributed by atoms with Gasteiger partial charge in [0.2, 0.25) is 15.8 Å². The van der Waals surface area contributed by atoms with Crippen LogP contribution in [-0.4, -0.2) is 71.4 Å². The van der Waals surface area contributed by atoms with E-state index in [1.165, 1.54) is 24.3 Å². The van der Waals surface area contributed by atoms with Crippen LogP contribution in [0, 0.1) is 11.3 Å². The third-order valence-corrected chi connectivity index (χ3v) is 6.51. The Balaban J connectivity index is 2.00. The number of fused-ring (bicyclic) bond motifs is 1. The SMILES string of the molecule is N#Cc1ccc(NC(=O)c2onc3ccc(S(=O)(=O)N(CCO)CCO)cc23)c(C(=O)O)c1. The van der Waals surface area contributed by atoms with Crippen LogP contribution in [0.1, 0.15) is 26.5 Å². The Morgan fingerprint density at radius 2 is 1.82 bits per heavy atom. The standard InChI is InChI=1S/C20H18N4O8S/c21-11-12-1-3-16(15(9-12)20(28)29)22-19(27)18-14-10-13(2-4-17(14)23-32-18)33(30,31)24(5-7-25)6-8-26/h1-4,9-10,25-26H,5-8H2,(H,22,27)(H,28,29). The Labute approximate surface area is 187 Å². The number of hydrogen-bond donors (Lipinski definition) is 4. The highest BCUT2D eigenvalue weighted by molar-refractivity contribution is 7.89. The van der Waals surface area contributed by atoms with Crippen LogP contribution in [0.3, 0.4) is 0 Å². The largest absolute Gasteiger partial charge is 0.478 e. The van der Waals surface area contributed by atoms with Crippen LogP contribution in [0.15, 0.2) is 45.8 Å². The van der Waals surface area contributed by atoms with E-state index in [-0.39, 0.29) is 51.5 Å². The fourth-order valence-corrected chi connectivity index (χ4v) is 4.50. The van der Waals surface area contributed by atoms with Crippen molar-refractivity contribution in [2.24, 2.45) is 0 Å². The van der Waals surface area contributed by atoms with Gasteiger partial charge in [0.25, 0.3) is 5.91 Å². The van der Waals surface area contributed by atoms with Gasteiger partial charge in [-0.3, -0.25) is 4.79 Å². The van der Waals surface area contributed by atoms with Crippen LogP contribution in [0.5, 0.6) is 0 Å². The maximum Gasteiger partial charge on any atom is 0.337 e. The van der Waals surface area contributed by atoms with E-state index in [9.17, 15) is 23.1 Å². The average Bonchev–Trinajstić information content (AvgIpc) is 3.22. The molecule has 33 heavy (non-hydrogen) atoms. The Hall–Kier alpha value is -3.83. The normalized spacial score (nSPS) is 11.5. The van der Waals surface area contributed by atoms with Crippen LogP contribution < -0.4 is 5.32 Å². The lowest BCUT2D eigenvalue weighted by atomic mass is 10.1. The van der Waals surface area contributed by atoms with E-state index in [1.807, 2.05) is 0 Å².